The molecule has 25 heavy (non-hydrogen) atoms. The lowest BCUT2D eigenvalue weighted by molar-refractivity contribution is -0.137. The fourth-order valence-electron chi connectivity index (χ4n) is 2.20. The van der Waals surface area contributed by atoms with Crippen molar-refractivity contribution < 1.29 is 23.9 Å². The summed E-state index contributed by atoms with van der Waals surface area (Å²) >= 11 is 0. The highest BCUT2D eigenvalue weighted by Gasteiger charge is 2.24. The molecule has 0 atom stereocenters. The first kappa shape index (κ1) is 21.3. The molecule has 0 aromatic rings. The van der Waals surface area contributed by atoms with Crippen LogP contribution in [-0.2, 0) is 23.9 Å². The van der Waals surface area contributed by atoms with Crippen molar-refractivity contribution in [3.63, 3.8) is 0 Å². The van der Waals surface area contributed by atoms with Gasteiger partial charge in [0.2, 0.25) is 5.91 Å². The van der Waals surface area contributed by atoms with Gasteiger partial charge in [0.1, 0.15) is 0 Å². The summed E-state index contributed by atoms with van der Waals surface area (Å²) < 4.78 is 11.2. The van der Waals surface area contributed by atoms with E-state index < -0.39 is 0 Å². The summed E-state index contributed by atoms with van der Waals surface area (Å²) in [6, 6.07) is 0. The molecule has 1 aliphatic rings. The number of nitrogens with zero attached hydrogens (tertiary/aromatic N) is 1. The molecule has 0 aliphatic carbocycles. The van der Waals surface area contributed by atoms with Gasteiger partial charge in [-0.1, -0.05) is 0 Å². The first-order valence-electron chi connectivity index (χ1n) is 8.56. The molecule has 0 aromatic heterocycles. The lowest BCUT2D eigenvalue weighted by Gasteiger charge is -2.29. The summed E-state index contributed by atoms with van der Waals surface area (Å²) in [5.74, 6) is -0.929. The summed E-state index contributed by atoms with van der Waals surface area (Å²) in [6.45, 7) is 9.12. The zero-order valence-electron chi connectivity index (χ0n) is 15.9. The van der Waals surface area contributed by atoms with E-state index in [0.29, 0.717) is 19.6 Å². The summed E-state index contributed by atoms with van der Waals surface area (Å²) in [5.41, 5.74) is -0.578. The third-order valence-corrected chi connectivity index (χ3v) is 4.26. The average molecular weight is 354 g/mol. The van der Waals surface area contributed by atoms with Crippen LogP contribution in [0.5, 0.6) is 0 Å². The molecule has 0 bridgehead atoms. The normalized spacial score (nSPS) is 15.2. The third kappa shape index (κ3) is 7.79. The van der Waals surface area contributed by atoms with E-state index in [9.17, 15) is 14.4 Å². The van der Waals surface area contributed by atoms with Crippen molar-refractivity contribution in [3.05, 3.63) is 12.2 Å². The van der Waals surface area contributed by atoms with Crippen LogP contribution in [0.1, 0.15) is 47.0 Å². The molecule has 7 heteroatoms. The highest BCUT2D eigenvalue weighted by Crippen LogP contribution is 2.18. The molecule has 0 unspecified atom stereocenters. The number of hydrogen-bond acceptors (Lipinski definition) is 5. The third-order valence-electron chi connectivity index (χ3n) is 4.26. The number of hydrogen-bond donors (Lipinski definition) is 1. The van der Waals surface area contributed by atoms with E-state index in [1.54, 1.807) is 7.11 Å². The second-order valence-corrected chi connectivity index (χ2v) is 7.33. The molecule has 0 spiro atoms. The Labute approximate surface area is 149 Å². The van der Waals surface area contributed by atoms with E-state index in [1.807, 2.05) is 27.7 Å². The highest BCUT2D eigenvalue weighted by molar-refractivity contribution is 6.13. The Balaban J connectivity index is 2.20. The van der Waals surface area contributed by atoms with Gasteiger partial charge in [0, 0.05) is 38.8 Å². The zero-order valence-corrected chi connectivity index (χ0v) is 15.9. The van der Waals surface area contributed by atoms with Crippen LogP contribution in [0.4, 0.5) is 0 Å². The summed E-state index contributed by atoms with van der Waals surface area (Å²) in [7, 11) is 1.68. The summed E-state index contributed by atoms with van der Waals surface area (Å²) in [5, 5.41) is 2.80. The molecule has 7 nitrogen and oxygen atoms in total. The fourth-order valence-corrected chi connectivity index (χ4v) is 2.20. The van der Waals surface area contributed by atoms with Crippen molar-refractivity contribution >= 4 is 17.7 Å². The molecule has 1 heterocycles. The molecule has 1 rings (SSSR count). The van der Waals surface area contributed by atoms with Gasteiger partial charge in [-0.25, -0.2) is 0 Å². The molecule has 0 fully saturated rings. The number of carbonyl (C=O) groups is 3. The maximum atomic E-state index is 11.8. The van der Waals surface area contributed by atoms with Crippen LogP contribution in [0, 0.1) is 0 Å². The molecule has 1 aliphatic heterocycles. The monoisotopic (exact) mass is 354 g/mol. The van der Waals surface area contributed by atoms with Gasteiger partial charge in [-0.05, 0) is 40.5 Å². The molecule has 0 radical (unpaired) electrons. The minimum atomic E-state index is -0.369. The molecule has 3 amide bonds. The van der Waals surface area contributed by atoms with Gasteiger partial charge in [0.05, 0.1) is 17.8 Å². The van der Waals surface area contributed by atoms with Crippen molar-refractivity contribution in [1.29, 1.82) is 0 Å². The molecular weight excluding hydrogens is 324 g/mol. The van der Waals surface area contributed by atoms with Crippen LogP contribution in [0.25, 0.3) is 0 Å². The van der Waals surface area contributed by atoms with Crippen LogP contribution in [0.2, 0.25) is 0 Å². The Hall–Kier alpha value is -1.73. The predicted octanol–water partition coefficient (Wildman–Crippen LogP) is 1.42. The molecular formula is C18H30N2O5. The van der Waals surface area contributed by atoms with Crippen molar-refractivity contribution in [3.8, 4) is 0 Å². The van der Waals surface area contributed by atoms with Gasteiger partial charge < -0.3 is 14.8 Å². The summed E-state index contributed by atoms with van der Waals surface area (Å²) in [4.78, 5) is 35.7. The van der Waals surface area contributed by atoms with Crippen LogP contribution < -0.4 is 5.32 Å². The number of nitrogens with one attached hydrogen (secondary N) is 1. The topological polar surface area (TPSA) is 84.9 Å². The van der Waals surface area contributed by atoms with Crippen molar-refractivity contribution in [2.75, 3.05) is 26.8 Å². The van der Waals surface area contributed by atoms with Crippen LogP contribution in [0.3, 0.4) is 0 Å². The van der Waals surface area contributed by atoms with E-state index in [-0.39, 0.29) is 41.9 Å². The quantitative estimate of drug-likeness (QED) is 0.567. The number of amides is 3. The Morgan fingerprint density at radius 1 is 1.08 bits per heavy atom. The molecule has 0 saturated carbocycles. The van der Waals surface area contributed by atoms with Crippen molar-refractivity contribution in [1.82, 2.24) is 10.2 Å². The van der Waals surface area contributed by atoms with Gasteiger partial charge in [0.25, 0.3) is 11.8 Å². The maximum absolute atomic E-state index is 11.8. The fraction of sp³-hybridized carbons (Fsp3) is 0.722. The summed E-state index contributed by atoms with van der Waals surface area (Å²) in [6.07, 6.45) is 3.97. The lowest BCUT2D eigenvalue weighted by Crippen LogP contribution is -2.37. The van der Waals surface area contributed by atoms with Gasteiger partial charge in [0.15, 0.2) is 0 Å². The van der Waals surface area contributed by atoms with Gasteiger partial charge in [-0.3, -0.25) is 19.3 Å². The number of rotatable bonds is 11. The molecule has 0 aromatic carbocycles. The smallest absolute Gasteiger partial charge is 0.253 e. The van der Waals surface area contributed by atoms with Gasteiger partial charge in [-0.15, -0.1) is 0 Å². The van der Waals surface area contributed by atoms with Crippen LogP contribution >= 0.6 is 0 Å². The largest absolute Gasteiger partial charge is 0.379 e. The van der Waals surface area contributed by atoms with E-state index in [4.69, 9.17) is 9.47 Å². The van der Waals surface area contributed by atoms with Gasteiger partial charge in [-0.2, -0.15) is 0 Å². The van der Waals surface area contributed by atoms with E-state index in [0.717, 1.165) is 11.3 Å². The lowest BCUT2D eigenvalue weighted by atomic mass is 10.0. The first-order valence-corrected chi connectivity index (χ1v) is 8.56. The molecule has 1 N–H and O–H groups in total. The standard InChI is InChI=1S/C18H30N2O5/c1-17(2,24-5)10-13-25-18(3,4)9-11-19-14(21)8-12-20-15(22)6-7-16(20)23/h6-7H,8-13H2,1-5H3,(H,19,21). The van der Waals surface area contributed by atoms with E-state index in [2.05, 4.69) is 5.32 Å². The highest BCUT2D eigenvalue weighted by atomic mass is 16.5. The molecule has 142 valence electrons. The maximum Gasteiger partial charge on any atom is 0.253 e. The van der Waals surface area contributed by atoms with Crippen molar-refractivity contribution in [2.45, 2.75) is 58.2 Å². The Morgan fingerprint density at radius 3 is 2.24 bits per heavy atom. The first-order chi connectivity index (χ1) is 11.6. The average Bonchev–Trinajstić information content (AvgIpc) is 2.83. The van der Waals surface area contributed by atoms with Crippen LogP contribution in [-0.4, -0.2) is 60.6 Å². The number of carbonyl (C=O) groups excluding carboxylic acids is 3. The minimum absolute atomic E-state index is 0.0997. The van der Waals surface area contributed by atoms with Gasteiger partial charge >= 0.3 is 0 Å². The second kappa shape index (κ2) is 9.10. The van der Waals surface area contributed by atoms with E-state index in [1.165, 1.54) is 12.2 Å². The predicted molar refractivity (Wildman–Crippen MR) is 93.8 cm³/mol. The number of imide groups is 1. The SMILES string of the molecule is COC(C)(C)CCOC(C)(C)CCNC(=O)CCN1C(=O)C=CC1=O. The van der Waals surface area contributed by atoms with Crippen molar-refractivity contribution in [2.24, 2.45) is 0 Å². The Morgan fingerprint density at radius 2 is 1.68 bits per heavy atom. The Kier molecular flexibility index (Phi) is 7.76. The zero-order chi connectivity index (χ0) is 19.1. The molecule has 0 saturated heterocycles. The van der Waals surface area contributed by atoms with Crippen LogP contribution in [0.15, 0.2) is 12.2 Å². The van der Waals surface area contributed by atoms with E-state index >= 15 is 0 Å². The number of ether oxygens (including phenoxy) is 2. The Bertz CT molecular complexity index is 508. The minimum Gasteiger partial charge on any atom is -0.379 e. The number of methoxy groups -OCH3 is 1. The second-order valence-electron chi connectivity index (χ2n) is 7.33.